The first kappa shape index (κ1) is 16.1. The van der Waals surface area contributed by atoms with Crippen molar-refractivity contribution in [1.29, 1.82) is 0 Å². The number of rotatable bonds is 10. The molecule has 2 N–H and O–H groups in total. The Labute approximate surface area is 116 Å². The van der Waals surface area contributed by atoms with E-state index in [2.05, 4.69) is 36.2 Å². The molecule has 19 heavy (non-hydrogen) atoms. The monoisotopic (exact) mass is 268 g/mol. The van der Waals surface area contributed by atoms with Gasteiger partial charge in [-0.25, -0.2) is 0 Å². The van der Waals surface area contributed by atoms with Crippen molar-refractivity contribution < 1.29 is 5.11 Å². The molecule has 1 rings (SSSR count). The summed E-state index contributed by atoms with van der Waals surface area (Å²) < 4.78 is 1.77. The summed E-state index contributed by atoms with van der Waals surface area (Å²) in [5, 5.41) is 16.4. The third kappa shape index (κ3) is 6.71. The van der Waals surface area contributed by atoms with Crippen LogP contribution < -0.4 is 5.32 Å². The third-order valence-corrected chi connectivity index (χ3v) is 3.34. The highest BCUT2D eigenvalue weighted by Crippen LogP contribution is 1.99. The molecule has 5 nitrogen and oxygen atoms in total. The average molecular weight is 268 g/mol. The van der Waals surface area contributed by atoms with Gasteiger partial charge in [-0.15, -0.1) is 0 Å². The maximum absolute atomic E-state index is 8.81. The normalized spacial score (nSPS) is 11.7. The van der Waals surface area contributed by atoms with Crippen LogP contribution in [-0.2, 0) is 13.1 Å². The largest absolute Gasteiger partial charge is 0.394 e. The summed E-state index contributed by atoms with van der Waals surface area (Å²) in [5.74, 6) is 0. The van der Waals surface area contributed by atoms with Gasteiger partial charge in [0.2, 0.25) is 0 Å². The smallest absolute Gasteiger partial charge is 0.0640 e. The second-order valence-electron chi connectivity index (χ2n) is 5.29. The highest BCUT2D eigenvalue weighted by Gasteiger charge is 2.02. The lowest BCUT2D eigenvalue weighted by Crippen LogP contribution is -2.27. The number of unbranched alkanes of at least 4 members (excludes halogenated alkanes) is 1. The standard InChI is InChI=1S/C14H28N4O/c1-13(2)17(3)7-5-4-6-15-10-14-11-16-18(12-14)8-9-19/h11-13,15,19H,4-10H2,1-3H3. The van der Waals surface area contributed by atoms with Gasteiger partial charge in [0.1, 0.15) is 0 Å². The fourth-order valence-corrected chi connectivity index (χ4v) is 1.82. The van der Waals surface area contributed by atoms with E-state index < -0.39 is 0 Å². The van der Waals surface area contributed by atoms with Crippen LogP contribution in [0.1, 0.15) is 32.3 Å². The topological polar surface area (TPSA) is 53.3 Å². The molecular formula is C14H28N4O. The van der Waals surface area contributed by atoms with Crippen molar-refractivity contribution in [3.63, 3.8) is 0 Å². The second-order valence-corrected chi connectivity index (χ2v) is 5.29. The molecule has 0 bridgehead atoms. The number of nitrogens with zero attached hydrogens (tertiary/aromatic N) is 3. The van der Waals surface area contributed by atoms with Crippen molar-refractivity contribution in [3.05, 3.63) is 18.0 Å². The van der Waals surface area contributed by atoms with Crippen LogP contribution in [0.25, 0.3) is 0 Å². The van der Waals surface area contributed by atoms with E-state index in [1.165, 1.54) is 18.4 Å². The summed E-state index contributed by atoms with van der Waals surface area (Å²) in [7, 11) is 2.17. The molecule has 0 aliphatic carbocycles. The minimum atomic E-state index is 0.137. The quantitative estimate of drug-likeness (QED) is 0.624. The minimum Gasteiger partial charge on any atom is -0.394 e. The van der Waals surface area contributed by atoms with Gasteiger partial charge < -0.3 is 15.3 Å². The Morgan fingerprint density at radius 3 is 2.89 bits per heavy atom. The minimum absolute atomic E-state index is 0.137. The summed E-state index contributed by atoms with van der Waals surface area (Å²) in [6.45, 7) is 8.21. The molecule has 1 aromatic heterocycles. The zero-order chi connectivity index (χ0) is 14.1. The Hall–Kier alpha value is -0.910. The van der Waals surface area contributed by atoms with Gasteiger partial charge in [-0.1, -0.05) is 0 Å². The molecular weight excluding hydrogens is 240 g/mol. The molecule has 0 amide bonds. The Kier molecular flexibility index (Phi) is 7.70. The Bertz CT molecular complexity index is 338. The van der Waals surface area contributed by atoms with E-state index in [1.807, 2.05) is 12.4 Å². The van der Waals surface area contributed by atoms with Crippen LogP contribution >= 0.6 is 0 Å². The van der Waals surface area contributed by atoms with Crippen LogP contribution in [0.2, 0.25) is 0 Å². The van der Waals surface area contributed by atoms with E-state index in [4.69, 9.17) is 5.11 Å². The number of hydrogen-bond acceptors (Lipinski definition) is 4. The molecule has 0 radical (unpaired) electrons. The van der Waals surface area contributed by atoms with Crippen LogP contribution in [0.4, 0.5) is 0 Å². The summed E-state index contributed by atoms with van der Waals surface area (Å²) in [6, 6.07) is 0.630. The van der Waals surface area contributed by atoms with Crippen molar-refractivity contribution in [3.8, 4) is 0 Å². The number of hydrogen-bond donors (Lipinski definition) is 2. The molecule has 0 aromatic carbocycles. The third-order valence-electron chi connectivity index (χ3n) is 3.34. The molecule has 1 aromatic rings. The van der Waals surface area contributed by atoms with Crippen LogP contribution in [0.5, 0.6) is 0 Å². The molecule has 0 saturated carbocycles. The van der Waals surface area contributed by atoms with Gasteiger partial charge in [0, 0.05) is 24.3 Å². The molecule has 0 aliphatic rings. The number of aliphatic hydroxyl groups is 1. The predicted molar refractivity (Wildman–Crippen MR) is 78.0 cm³/mol. The fraction of sp³-hybridized carbons (Fsp3) is 0.786. The first-order valence-corrected chi connectivity index (χ1v) is 7.16. The summed E-state index contributed by atoms with van der Waals surface area (Å²) in [5.41, 5.74) is 1.17. The lowest BCUT2D eigenvalue weighted by atomic mass is 10.2. The van der Waals surface area contributed by atoms with E-state index in [0.717, 1.165) is 19.6 Å². The highest BCUT2D eigenvalue weighted by atomic mass is 16.3. The number of aromatic nitrogens is 2. The Balaban J connectivity index is 2.04. The highest BCUT2D eigenvalue weighted by molar-refractivity contribution is 5.03. The SMILES string of the molecule is CC(C)N(C)CCCCNCc1cnn(CCO)c1. The molecule has 0 fully saturated rings. The lowest BCUT2D eigenvalue weighted by molar-refractivity contribution is 0.268. The van der Waals surface area contributed by atoms with E-state index in [1.54, 1.807) is 4.68 Å². The summed E-state index contributed by atoms with van der Waals surface area (Å²) in [6.07, 6.45) is 6.26. The molecule has 0 aliphatic heterocycles. The zero-order valence-corrected chi connectivity index (χ0v) is 12.5. The van der Waals surface area contributed by atoms with Crippen molar-refractivity contribution in [2.24, 2.45) is 0 Å². The first-order valence-electron chi connectivity index (χ1n) is 7.16. The molecule has 1 heterocycles. The van der Waals surface area contributed by atoms with Crippen LogP contribution in [0.15, 0.2) is 12.4 Å². The van der Waals surface area contributed by atoms with Crippen molar-refractivity contribution in [2.75, 3.05) is 26.7 Å². The van der Waals surface area contributed by atoms with Gasteiger partial charge in [0.05, 0.1) is 19.3 Å². The van der Waals surface area contributed by atoms with Gasteiger partial charge in [-0.3, -0.25) is 4.68 Å². The van der Waals surface area contributed by atoms with E-state index in [0.29, 0.717) is 12.6 Å². The van der Waals surface area contributed by atoms with Crippen LogP contribution in [0.3, 0.4) is 0 Å². The Morgan fingerprint density at radius 2 is 2.21 bits per heavy atom. The maximum atomic E-state index is 8.81. The fourth-order valence-electron chi connectivity index (χ4n) is 1.82. The van der Waals surface area contributed by atoms with Gasteiger partial charge in [0.15, 0.2) is 0 Å². The predicted octanol–water partition coefficient (Wildman–Crippen LogP) is 1.09. The van der Waals surface area contributed by atoms with Gasteiger partial charge in [0.25, 0.3) is 0 Å². The van der Waals surface area contributed by atoms with E-state index in [9.17, 15) is 0 Å². The molecule has 0 saturated heterocycles. The molecule has 5 heteroatoms. The lowest BCUT2D eigenvalue weighted by Gasteiger charge is -2.20. The molecule has 110 valence electrons. The van der Waals surface area contributed by atoms with Crippen LogP contribution in [0, 0.1) is 0 Å². The zero-order valence-electron chi connectivity index (χ0n) is 12.5. The van der Waals surface area contributed by atoms with E-state index in [-0.39, 0.29) is 6.61 Å². The summed E-state index contributed by atoms with van der Waals surface area (Å²) >= 11 is 0. The van der Waals surface area contributed by atoms with Gasteiger partial charge in [-0.05, 0) is 46.8 Å². The van der Waals surface area contributed by atoms with Gasteiger partial charge in [-0.2, -0.15) is 5.10 Å². The summed E-state index contributed by atoms with van der Waals surface area (Å²) in [4.78, 5) is 2.37. The molecule has 0 unspecified atom stereocenters. The van der Waals surface area contributed by atoms with Crippen molar-refractivity contribution >= 4 is 0 Å². The maximum Gasteiger partial charge on any atom is 0.0640 e. The molecule has 0 atom stereocenters. The average Bonchev–Trinajstić information content (AvgIpc) is 2.81. The van der Waals surface area contributed by atoms with Gasteiger partial charge >= 0.3 is 0 Å². The first-order chi connectivity index (χ1) is 9.13. The Morgan fingerprint density at radius 1 is 1.42 bits per heavy atom. The van der Waals surface area contributed by atoms with E-state index >= 15 is 0 Å². The van der Waals surface area contributed by atoms with Crippen LogP contribution in [-0.4, -0.2) is 52.6 Å². The number of aliphatic hydroxyl groups excluding tert-OH is 1. The van der Waals surface area contributed by atoms with Crippen molar-refractivity contribution in [2.45, 2.75) is 45.8 Å². The number of nitrogens with one attached hydrogen (secondary N) is 1. The van der Waals surface area contributed by atoms with Crippen molar-refractivity contribution in [1.82, 2.24) is 20.0 Å². The molecule has 0 spiro atoms. The second kappa shape index (κ2) is 9.07.